The number of ether oxygens (including phenoxy) is 1. The number of carbonyl (C=O) groups excluding carboxylic acids is 1. The average molecular weight is 277 g/mol. The zero-order chi connectivity index (χ0) is 13.1. The number of carbonyl (C=O) groups is 1. The number of rotatable bonds is 5. The van der Waals surface area contributed by atoms with Crippen molar-refractivity contribution >= 4 is 27.2 Å². The summed E-state index contributed by atoms with van der Waals surface area (Å²) in [6.07, 6.45) is 0. The molecule has 0 saturated carbocycles. The molecule has 1 rings (SSSR count). The predicted octanol–water partition coefficient (Wildman–Crippen LogP) is 1.88. The van der Waals surface area contributed by atoms with Crippen LogP contribution in [0.5, 0.6) is 5.75 Å². The first kappa shape index (κ1) is 14.0. The number of sulfone groups is 1. The van der Waals surface area contributed by atoms with Crippen LogP contribution in [0.15, 0.2) is 24.3 Å². The van der Waals surface area contributed by atoms with E-state index in [2.05, 4.69) is 0 Å². The number of methoxy groups -OCH3 is 1. The van der Waals surface area contributed by atoms with Crippen LogP contribution in [0.3, 0.4) is 0 Å². The second-order valence-corrected chi connectivity index (χ2v) is 6.43. The number of halogens is 1. The van der Waals surface area contributed by atoms with Crippen LogP contribution in [0.4, 0.5) is 0 Å². The summed E-state index contributed by atoms with van der Waals surface area (Å²) >= 11 is 5.66. The van der Waals surface area contributed by atoms with Crippen molar-refractivity contribution in [3.8, 4) is 5.75 Å². The van der Waals surface area contributed by atoms with E-state index in [1.165, 1.54) is 26.2 Å². The number of ketones is 1. The Morgan fingerprint density at radius 1 is 1.35 bits per heavy atom. The third kappa shape index (κ3) is 3.20. The Morgan fingerprint density at radius 3 is 2.29 bits per heavy atom. The fourth-order valence-corrected chi connectivity index (χ4v) is 2.45. The van der Waals surface area contributed by atoms with Crippen molar-refractivity contribution in [2.75, 3.05) is 12.9 Å². The van der Waals surface area contributed by atoms with Crippen molar-refractivity contribution in [1.29, 1.82) is 0 Å². The van der Waals surface area contributed by atoms with Gasteiger partial charge in [-0.1, -0.05) is 18.5 Å². The van der Waals surface area contributed by atoms with Crippen LogP contribution >= 0.6 is 11.6 Å². The summed E-state index contributed by atoms with van der Waals surface area (Å²) in [4.78, 5) is 11.8. The highest BCUT2D eigenvalue weighted by Crippen LogP contribution is 2.17. The molecule has 0 N–H and O–H groups in total. The summed E-state index contributed by atoms with van der Waals surface area (Å²) in [6, 6.07) is 6.13. The minimum absolute atomic E-state index is 0.164. The molecule has 0 radical (unpaired) electrons. The molecule has 94 valence electrons. The van der Waals surface area contributed by atoms with Gasteiger partial charge in [0.15, 0.2) is 20.3 Å². The Balaban J connectivity index is 2.97. The van der Waals surface area contributed by atoms with E-state index in [0.717, 1.165) is 0 Å². The molecule has 0 bridgehead atoms. The third-order valence-electron chi connectivity index (χ3n) is 2.30. The number of Topliss-reactive ketones (excluding diaryl/α,β-unsaturated/α-hetero) is 1. The lowest BCUT2D eigenvalue weighted by atomic mass is 10.1. The molecule has 0 unspecified atom stereocenters. The fraction of sp³-hybridized carbons (Fsp3) is 0.364. The van der Waals surface area contributed by atoms with Crippen LogP contribution in [-0.4, -0.2) is 31.8 Å². The van der Waals surface area contributed by atoms with Crippen LogP contribution in [-0.2, 0) is 9.84 Å². The van der Waals surface area contributed by atoms with Crippen molar-refractivity contribution in [2.24, 2.45) is 0 Å². The van der Waals surface area contributed by atoms with Crippen molar-refractivity contribution < 1.29 is 17.9 Å². The highest BCUT2D eigenvalue weighted by atomic mass is 35.5. The zero-order valence-corrected chi connectivity index (χ0v) is 11.1. The number of hydrogen-bond acceptors (Lipinski definition) is 4. The molecule has 0 aliphatic carbocycles. The summed E-state index contributed by atoms with van der Waals surface area (Å²) < 4.78 is 26.3. The van der Waals surface area contributed by atoms with Crippen molar-refractivity contribution in [2.45, 2.75) is 11.6 Å². The molecule has 1 atom stereocenters. The van der Waals surface area contributed by atoms with E-state index in [1.807, 2.05) is 0 Å². The molecular weight excluding hydrogens is 264 g/mol. The van der Waals surface area contributed by atoms with E-state index in [4.69, 9.17) is 16.3 Å². The fourth-order valence-electron chi connectivity index (χ4n) is 1.20. The minimum atomic E-state index is -3.58. The number of alkyl halides is 1. The molecule has 0 aliphatic heterocycles. The van der Waals surface area contributed by atoms with Gasteiger partial charge in [-0.15, -0.1) is 0 Å². The molecule has 1 aromatic carbocycles. The first-order chi connectivity index (χ1) is 7.92. The second kappa shape index (κ2) is 5.51. The maximum atomic E-state index is 11.8. The average Bonchev–Trinajstić information content (AvgIpc) is 2.37. The summed E-state index contributed by atoms with van der Waals surface area (Å²) in [5.74, 6) is -0.189. The first-order valence-corrected chi connectivity index (χ1v) is 7.11. The summed E-state index contributed by atoms with van der Waals surface area (Å²) in [6.45, 7) is 1.45. The standard InChI is InChI=1S/C11H13ClO4S/c1-3-17(14,15)11(12)10(13)8-4-6-9(16-2)7-5-8/h4-7,11H,3H2,1-2H3/t11-/m1/s1. The van der Waals surface area contributed by atoms with Crippen LogP contribution in [0, 0.1) is 0 Å². The van der Waals surface area contributed by atoms with E-state index < -0.39 is 20.3 Å². The largest absolute Gasteiger partial charge is 0.497 e. The molecule has 0 aromatic heterocycles. The maximum absolute atomic E-state index is 11.8. The maximum Gasteiger partial charge on any atom is 0.197 e. The molecule has 0 amide bonds. The summed E-state index contributed by atoms with van der Waals surface area (Å²) in [5, 5.41) is 0. The van der Waals surface area contributed by atoms with Crippen molar-refractivity contribution in [1.82, 2.24) is 0 Å². The molecule has 17 heavy (non-hydrogen) atoms. The summed E-state index contributed by atoms with van der Waals surface area (Å²) in [7, 11) is -2.07. The lowest BCUT2D eigenvalue weighted by molar-refractivity contribution is 0.101. The Labute approximate surface area is 105 Å². The first-order valence-electron chi connectivity index (χ1n) is 4.96. The van der Waals surface area contributed by atoms with E-state index >= 15 is 0 Å². The summed E-state index contributed by atoms with van der Waals surface area (Å²) in [5.41, 5.74) is 0.253. The van der Waals surface area contributed by atoms with Gasteiger partial charge in [0.05, 0.1) is 7.11 Å². The van der Waals surface area contributed by atoms with Gasteiger partial charge in [0.1, 0.15) is 5.75 Å². The van der Waals surface area contributed by atoms with E-state index in [-0.39, 0.29) is 11.3 Å². The highest BCUT2D eigenvalue weighted by molar-refractivity contribution is 7.94. The molecule has 6 heteroatoms. The molecule has 0 aliphatic rings. The van der Waals surface area contributed by atoms with Gasteiger partial charge in [-0.25, -0.2) is 8.42 Å². The lowest BCUT2D eigenvalue weighted by Gasteiger charge is -2.08. The Morgan fingerprint density at radius 2 is 1.88 bits per heavy atom. The lowest BCUT2D eigenvalue weighted by Crippen LogP contribution is -2.26. The smallest absolute Gasteiger partial charge is 0.197 e. The van der Waals surface area contributed by atoms with Gasteiger partial charge in [-0.2, -0.15) is 0 Å². The Hall–Kier alpha value is -1.07. The van der Waals surface area contributed by atoms with Gasteiger partial charge in [0.25, 0.3) is 0 Å². The molecule has 0 spiro atoms. The number of benzene rings is 1. The van der Waals surface area contributed by atoms with E-state index in [1.54, 1.807) is 12.1 Å². The molecule has 4 nitrogen and oxygen atoms in total. The van der Waals surface area contributed by atoms with Gasteiger partial charge in [0.2, 0.25) is 0 Å². The zero-order valence-electron chi connectivity index (χ0n) is 9.51. The van der Waals surface area contributed by atoms with Gasteiger partial charge < -0.3 is 4.74 Å². The normalized spacial score (nSPS) is 13.1. The molecule has 1 aromatic rings. The highest BCUT2D eigenvalue weighted by Gasteiger charge is 2.29. The number of hydrogen-bond donors (Lipinski definition) is 0. The van der Waals surface area contributed by atoms with Gasteiger partial charge in [0, 0.05) is 11.3 Å². The topological polar surface area (TPSA) is 60.4 Å². The molecule has 0 saturated heterocycles. The molecule has 0 fully saturated rings. The van der Waals surface area contributed by atoms with Crippen LogP contribution in [0.25, 0.3) is 0 Å². The molecule has 0 heterocycles. The quantitative estimate of drug-likeness (QED) is 0.608. The Bertz CT molecular complexity index is 493. The van der Waals surface area contributed by atoms with Crippen LogP contribution in [0.1, 0.15) is 17.3 Å². The monoisotopic (exact) mass is 276 g/mol. The van der Waals surface area contributed by atoms with Crippen molar-refractivity contribution in [3.63, 3.8) is 0 Å². The third-order valence-corrected chi connectivity index (χ3v) is 4.96. The van der Waals surface area contributed by atoms with Gasteiger partial charge in [-0.3, -0.25) is 4.79 Å². The SMILES string of the molecule is CCS(=O)(=O)[C@@H](Cl)C(=O)c1ccc(OC)cc1. The van der Waals surface area contributed by atoms with Crippen LogP contribution in [0.2, 0.25) is 0 Å². The Kier molecular flexibility index (Phi) is 4.54. The van der Waals surface area contributed by atoms with Gasteiger partial charge >= 0.3 is 0 Å². The van der Waals surface area contributed by atoms with Crippen molar-refractivity contribution in [3.05, 3.63) is 29.8 Å². The van der Waals surface area contributed by atoms with Crippen LogP contribution < -0.4 is 4.74 Å². The second-order valence-electron chi connectivity index (χ2n) is 3.36. The van der Waals surface area contributed by atoms with E-state index in [0.29, 0.717) is 5.75 Å². The van der Waals surface area contributed by atoms with E-state index in [9.17, 15) is 13.2 Å². The predicted molar refractivity (Wildman–Crippen MR) is 66.4 cm³/mol. The van der Waals surface area contributed by atoms with Gasteiger partial charge in [-0.05, 0) is 24.3 Å². The molecular formula is C11H13ClO4S. The minimum Gasteiger partial charge on any atom is -0.497 e.